The molecule has 2 saturated heterocycles. The van der Waals surface area contributed by atoms with Gasteiger partial charge >= 0.3 is 51.4 Å². The van der Waals surface area contributed by atoms with Crippen LogP contribution in [0.4, 0.5) is 0 Å². The van der Waals surface area contributed by atoms with Gasteiger partial charge in [0.15, 0.2) is 0 Å². The smallest absolute Gasteiger partial charge is 0.343 e. The Hall–Kier alpha value is 0.751. The highest BCUT2D eigenvalue weighted by molar-refractivity contribution is 14.1. The zero-order valence-corrected chi connectivity index (χ0v) is 27.8. The van der Waals surface area contributed by atoms with Crippen LogP contribution in [0, 0.1) is 0 Å². The molecule has 2 heterocycles. The van der Waals surface area contributed by atoms with E-state index in [1.807, 2.05) is 35.9 Å². The third-order valence-corrected chi connectivity index (χ3v) is 33.5. The van der Waals surface area contributed by atoms with Crippen molar-refractivity contribution in [1.29, 1.82) is 0 Å². The second-order valence-electron chi connectivity index (χ2n) is 9.03. The molecule has 5 atom stereocenters. The minimum Gasteiger partial charge on any atom is -0.413 e. The largest absolute Gasteiger partial charge is 0.413 e. The SMILES string of the molecule is C=C[Si]1(C)O[Si](C)(C=C)O[Si](C)(CCC(CI)[Si]2(C)O[Si](C)(C=C)O[Si](C)(C=C)O2)O1. The summed E-state index contributed by atoms with van der Waals surface area (Å²) in [7, 11) is -15.1. The molecule has 0 aromatic heterocycles. The number of alkyl halides is 1. The normalized spacial score (nSPS) is 46.7. The fourth-order valence-electron chi connectivity index (χ4n) is 4.11. The maximum Gasteiger partial charge on any atom is 0.343 e. The Bertz CT molecular complexity index is 700. The summed E-state index contributed by atoms with van der Waals surface area (Å²) in [4.78, 5) is 0. The van der Waals surface area contributed by atoms with E-state index in [1.165, 1.54) is 0 Å². The molecule has 0 aliphatic carbocycles. The molecule has 2 aliphatic rings. The van der Waals surface area contributed by atoms with Crippen molar-refractivity contribution in [3.63, 3.8) is 0 Å². The van der Waals surface area contributed by atoms with E-state index in [1.54, 1.807) is 0 Å². The lowest BCUT2D eigenvalue weighted by atomic mass is 10.4. The first-order valence-electron chi connectivity index (χ1n) is 10.5. The highest BCUT2D eigenvalue weighted by Gasteiger charge is 2.59. The Labute approximate surface area is 208 Å². The first kappa shape index (κ1) is 28.0. The molecule has 0 radical (unpaired) electrons. The summed E-state index contributed by atoms with van der Waals surface area (Å²) >= 11 is 2.44. The van der Waals surface area contributed by atoms with Gasteiger partial charge in [0.2, 0.25) is 0 Å². The molecule has 2 fully saturated rings. The molecule has 0 spiro atoms. The third-order valence-electron chi connectivity index (χ3n) is 5.82. The van der Waals surface area contributed by atoms with Crippen LogP contribution in [0.1, 0.15) is 6.42 Å². The van der Waals surface area contributed by atoms with Crippen molar-refractivity contribution < 1.29 is 24.7 Å². The molecule has 2 aliphatic heterocycles. The van der Waals surface area contributed by atoms with Crippen LogP contribution in [0.25, 0.3) is 0 Å². The van der Waals surface area contributed by atoms with Crippen molar-refractivity contribution in [1.82, 2.24) is 0 Å². The molecule has 0 amide bonds. The zero-order chi connectivity index (χ0) is 23.8. The van der Waals surface area contributed by atoms with E-state index in [9.17, 15) is 0 Å². The lowest BCUT2D eigenvalue weighted by Crippen LogP contribution is -2.68. The summed E-state index contributed by atoms with van der Waals surface area (Å²) < 4.78 is 39.9. The van der Waals surface area contributed by atoms with Gasteiger partial charge in [-0.05, 0) is 51.7 Å². The first-order valence-corrected chi connectivity index (χ1v) is 26.5. The van der Waals surface area contributed by atoms with Crippen molar-refractivity contribution in [2.75, 3.05) is 4.43 Å². The van der Waals surface area contributed by atoms with Crippen LogP contribution in [0.3, 0.4) is 0 Å². The van der Waals surface area contributed by atoms with Crippen LogP contribution in [-0.4, -0.2) is 55.8 Å². The highest BCUT2D eigenvalue weighted by atomic mass is 127. The predicted molar refractivity (Wildman–Crippen MR) is 149 cm³/mol. The van der Waals surface area contributed by atoms with Gasteiger partial charge in [0.25, 0.3) is 0 Å². The lowest BCUT2D eigenvalue weighted by Gasteiger charge is -2.51. The van der Waals surface area contributed by atoms with Gasteiger partial charge < -0.3 is 24.7 Å². The van der Waals surface area contributed by atoms with Crippen molar-refractivity contribution in [3.05, 3.63) is 49.1 Å². The van der Waals surface area contributed by atoms with E-state index < -0.39 is 51.4 Å². The van der Waals surface area contributed by atoms with Gasteiger partial charge in [-0.3, -0.25) is 0 Å². The molecular weight excluding hydrogens is 608 g/mol. The predicted octanol–water partition coefficient (Wildman–Crippen LogP) is 5.64. The van der Waals surface area contributed by atoms with E-state index in [4.69, 9.17) is 24.7 Å². The molecule has 13 heteroatoms. The fourth-order valence-corrected chi connectivity index (χ4v) is 36.9. The second kappa shape index (κ2) is 9.78. The minimum atomic E-state index is -2.57. The molecule has 0 aromatic rings. The Morgan fingerprint density at radius 1 is 0.645 bits per heavy atom. The summed E-state index contributed by atoms with van der Waals surface area (Å²) in [5, 5.41) is 0. The Morgan fingerprint density at radius 2 is 1.00 bits per heavy atom. The summed E-state index contributed by atoms with van der Waals surface area (Å²) in [5.41, 5.74) is 7.71. The van der Waals surface area contributed by atoms with Crippen LogP contribution in [0.2, 0.25) is 50.9 Å². The molecular formula is C18H37IO6Si6. The maximum atomic E-state index is 6.65. The van der Waals surface area contributed by atoms with Gasteiger partial charge in [0.05, 0.1) is 0 Å². The van der Waals surface area contributed by atoms with E-state index in [-0.39, 0.29) is 5.54 Å². The number of hydrogen-bond acceptors (Lipinski definition) is 6. The standard InChI is InChI=1S/C18H37IO6Si6/c1-11-26(5)20-27(6,12-2)23-30(9,22-26)16-15-18(17-19)31(10)24-28(7,13-3)21-29(8,14-4)25-31/h11-14,18H,1-4,15-17H2,5-10H3. The summed E-state index contributed by atoms with van der Waals surface area (Å²) in [6, 6.07) is 0.839. The topological polar surface area (TPSA) is 55.4 Å². The zero-order valence-electron chi connectivity index (χ0n) is 19.7. The number of rotatable bonds is 9. The first-order chi connectivity index (χ1) is 14.2. The molecule has 0 aromatic carbocycles. The van der Waals surface area contributed by atoms with E-state index in [0.29, 0.717) is 0 Å². The Balaban J connectivity index is 2.27. The fraction of sp³-hybridized carbons (Fsp3) is 0.556. The van der Waals surface area contributed by atoms with Gasteiger partial charge in [-0.2, -0.15) is 0 Å². The van der Waals surface area contributed by atoms with E-state index >= 15 is 0 Å². The second-order valence-corrected chi connectivity index (χ2v) is 30.2. The van der Waals surface area contributed by atoms with Crippen molar-refractivity contribution in [3.8, 4) is 0 Å². The van der Waals surface area contributed by atoms with Crippen molar-refractivity contribution in [2.24, 2.45) is 0 Å². The molecule has 5 unspecified atom stereocenters. The molecule has 0 bridgehead atoms. The van der Waals surface area contributed by atoms with Crippen LogP contribution in [-0.2, 0) is 24.7 Å². The third kappa shape index (κ3) is 6.46. The van der Waals surface area contributed by atoms with E-state index in [2.05, 4.69) is 75.1 Å². The Morgan fingerprint density at radius 3 is 1.32 bits per heavy atom. The van der Waals surface area contributed by atoms with Gasteiger partial charge in [0, 0.05) is 9.97 Å². The maximum absolute atomic E-state index is 6.65. The van der Waals surface area contributed by atoms with Crippen LogP contribution < -0.4 is 0 Å². The van der Waals surface area contributed by atoms with Gasteiger partial charge in [0.1, 0.15) is 0 Å². The van der Waals surface area contributed by atoms with Crippen molar-refractivity contribution >= 4 is 74.0 Å². The number of halogens is 1. The average Bonchev–Trinajstić information content (AvgIpc) is 2.66. The van der Waals surface area contributed by atoms with Gasteiger partial charge in [-0.1, -0.05) is 45.4 Å². The Kier molecular flexibility index (Phi) is 8.83. The lowest BCUT2D eigenvalue weighted by molar-refractivity contribution is 0.229. The summed E-state index contributed by atoms with van der Waals surface area (Å²) in [5.74, 6) is 0. The average molecular weight is 645 g/mol. The molecule has 31 heavy (non-hydrogen) atoms. The quantitative estimate of drug-likeness (QED) is 0.184. The molecule has 0 saturated carbocycles. The van der Waals surface area contributed by atoms with Crippen molar-refractivity contribution in [2.45, 2.75) is 57.3 Å². The summed E-state index contributed by atoms with van der Waals surface area (Å²) in [6.07, 6.45) is 0.904. The van der Waals surface area contributed by atoms with Gasteiger partial charge in [-0.25, -0.2) is 0 Å². The minimum absolute atomic E-state index is 0.267. The highest BCUT2D eigenvalue weighted by Crippen LogP contribution is 2.43. The molecule has 6 nitrogen and oxygen atoms in total. The van der Waals surface area contributed by atoms with Crippen LogP contribution in [0.15, 0.2) is 49.1 Å². The monoisotopic (exact) mass is 644 g/mol. The number of hydrogen-bond donors (Lipinski definition) is 0. The molecule has 0 N–H and O–H groups in total. The van der Waals surface area contributed by atoms with E-state index in [0.717, 1.165) is 16.9 Å². The van der Waals surface area contributed by atoms with Crippen LogP contribution in [0.5, 0.6) is 0 Å². The summed E-state index contributed by atoms with van der Waals surface area (Å²) in [6.45, 7) is 28.4. The van der Waals surface area contributed by atoms with Gasteiger partial charge in [-0.15, -0.1) is 26.3 Å². The molecule has 2 rings (SSSR count). The van der Waals surface area contributed by atoms with Crippen LogP contribution >= 0.6 is 22.6 Å². The molecule has 176 valence electrons.